The van der Waals surface area contributed by atoms with E-state index in [-0.39, 0.29) is 0 Å². The second-order valence-electron chi connectivity index (χ2n) is 7.55. The molecule has 0 amide bonds. The van der Waals surface area contributed by atoms with E-state index in [4.69, 9.17) is 10.7 Å². The number of aldehydes is 1. The minimum absolute atomic E-state index is 0.330. The van der Waals surface area contributed by atoms with Crippen molar-refractivity contribution >= 4 is 33.7 Å². The summed E-state index contributed by atoms with van der Waals surface area (Å²) in [4.78, 5) is 22.1. The first kappa shape index (κ1) is 18.9. The van der Waals surface area contributed by atoms with Gasteiger partial charge in [-0.1, -0.05) is 12.1 Å². The van der Waals surface area contributed by atoms with Gasteiger partial charge in [0.2, 0.25) is 0 Å². The van der Waals surface area contributed by atoms with Crippen LogP contribution in [0.1, 0.15) is 18.9 Å². The summed E-state index contributed by atoms with van der Waals surface area (Å²) in [5.41, 5.74) is 9.99. The molecule has 0 radical (unpaired) electrons. The van der Waals surface area contributed by atoms with E-state index >= 15 is 0 Å². The van der Waals surface area contributed by atoms with Crippen LogP contribution in [-0.2, 0) is 4.79 Å². The summed E-state index contributed by atoms with van der Waals surface area (Å²) < 4.78 is 3.16. The Morgan fingerprint density at radius 1 is 1.23 bits per heavy atom. The van der Waals surface area contributed by atoms with Crippen LogP contribution in [0.25, 0.3) is 31.9 Å². The molecular formula is C22H22N6OS. The Morgan fingerprint density at radius 2 is 2.13 bits per heavy atom. The van der Waals surface area contributed by atoms with Crippen LogP contribution in [0, 0.1) is 0 Å². The van der Waals surface area contributed by atoms with Crippen LogP contribution in [0.4, 0.5) is 5.82 Å². The van der Waals surface area contributed by atoms with Gasteiger partial charge in [-0.05, 0) is 24.6 Å². The van der Waals surface area contributed by atoms with Gasteiger partial charge in [0.05, 0.1) is 28.0 Å². The zero-order chi connectivity index (χ0) is 20.5. The zero-order valence-electron chi connectivity index (χ0n) is 16.4. The van der Waals surface area contributed by atoms with Gasteiger partial charge < -0.3 is 15.4 Å². The molecule has 1 aromatic carbocycles. The molecule has 1 atom stereocenters. The largest absolute Gasteiger partial charge is 0.383 e. The van der Waals surface area contributed by atoms with E-state index in [2.05, 4.69) is 27.2 Å². The highest BCUT2D eigenvalue weighted by atomic mass is 32.1. The van der Waals surface area contributed by atoms with Crippen LogP contribution in [0.15, 0.2) is 48.9 Å². The normalized spacial score (nSPS) is 17.0. The summed E-state index contributed by atoms with van der Waals surface area (Å²) in [6, 6.07) is 10.4. The topological polar surface area (TPSA) is 89.9 Å². The van der Waals surface area contributed by atoms with Gasteiger partial charge in [0, 0.05) is 49.6 Å². The monoisotopic (exact) mass is 418 g/mol. The fourth-order valence-electron chi connectivity index (χ4n) is 3.95. The van der Waals surface area contributed by atoms with Crippen molar-refractivity contribution < 1.29 is 4.79 Å². The van der Waals surface area contributed by atoms with Crippen LogP contribution >= 0.6 is 11.3 Å². The lowest BCUT2D eigenvalue weighted by Crippen LogP contribution is -2.23. The molecular weight excluding hydrogens is 396 g/mol. The molecule has 4 aromatic rings. The standard InChI is InChI=1S/C22H22N6OS/c23-21-18(22-26-19-4-1-2-5-20(19)30-22)10-15(11-24-21)16-12-25-28(13-16)17-6-8-27(14-17)7-3-9-29/h1-2,4-5,9-13,17H,3,6-8,14H2,(H2,23,24). The highest BCUT2D eigenvalue weighted by molar-refractivity contribution is 7.21. The number of likely N-dealkylation sites (tertiary alicyclic amines) is 1. The average molecular weight is 419 g/mol. The number of thiazole rings is 1. The number of pyridine rings is 1. The number of hydrogen-bond acceptors (Lipinski definition) is 7. The maximum absolute atomic E-state index is 10.6. The molecule has 152 valence electrons. The SMILES string of the molecule is Nc1ncc(-c2cnn(C3CCN(CCC=O)C3)c2)cc1-c1nc2ccccc2s1. The lowest BCUT2D eigenvalue weighted by molar-refractivity contribution is -0.108. The molecule has 1 aliphatic heterocycles. The van der Waals surface area contributed by atoms with Gasteiger partial charge in [-0.25, -0.2) is 9.97 Å². The molecule has 8 heteroatoms. The lowest BCUT2D eigenvalue weighted by Gasteiger charge is -2.14. The lowest BCUT2D eigenvalue weighted by atomic mass is 10.1. The van der Waals surface area contributed by atoms with E-state index in [9.17, 15) is 4.79 Å². The van der Waals surface area contributed by atoms with Gasteiger partial charge in [-0.15, -0.1) is 11.3 Å². The molecule has 1 fully saturated rings. The first-order valence-electron chi connectivity index (χ1n) is 10.0. The van der Waals surface area contributed by atoms with E-state index in [1.165, 1.54) is 0 Å². The number of nitrogens with zero attached hydrogens (tertiary/aromatic N) is 5. The van der Waals surface area contributed by atoms with Gasteiger partial charge in [-0.3, -0.25) is 4.68 Å². The number of fused-ring (bicyclic) bond motifs is 1. The summed E-state index contributed by atoms with van der Waals surface area (Å²) in [6.45, 7) is 2.74. The van der Waals surface area contributed by atoms with Crippen molar-refractivity contribution in [3.63, 3.8) is 0 Å². The molecule has 0 saturated carbocycles. The number of para-hydroxylation sites is 1. The predicted octanol–water partition coefficient (Wildman–Crippen LogP) is 3.64. The second kappa shape index (κ2) is 7.97. The van der Waals surface area contributed by atoms with Crippen LogP contribution in [-0.4, -0.2) is 50.6 Å². The third-order valence-corrected chi connectivity index (χ3v) is 6.63. The molecule has 0 spiro atoms. The summed E-state index contributed by atoms with van der Waals surface area (Å²) in [7, 11) is 0. The van der Waals surface area contributed by atoms with Gasteiger partial charge in [0.1, 0.15) is 17.1 Å². The van der Waals surface area contributed by atoms with Crippen LogP contribution in [0.3, 0.4) is 0 Å². The maximum Gasteiger partial charge on any atom is 0.133 e. The molecule has 2 N–H and O–H groups in total. The number of benzene rings is 1. The predicted molar refractivity (Wildman–Crippen MR) is 119 cm³/mol. The number of aromatic nitrogens is 4. The first-order chi connectivity index (χ1) is 14.7. The van der Waals surface area contributed by atoms with E-state index in [1.54, 1.807) is 17.5 Å². The highest BCUT2D eigenvalue weighted by Crippen LogP contribution is 2.35. The third kappa shape index (κ3) is 3.59. The van der Waals surface area contributed by atoms with E-state index < -0.39 is 0 Å². The number of nitrogens with two attached hydrogens (primary N) is 1. The fraction of sp³-hybridized carbons (Fsp3) is 0.273. The Balaban J connectivity index is 1.40. The van der Waals surface area contributed by atoms with Crippen molar-refractivity contribution in [2.24, 2.45) is 0 Å². The van der Waals surface area contributed by atoms with Crippen molar-refractivity contribution in [2.75, 3.05) is 25.4 Å². The molecule has 30 heavy (non-hydrogen) atoms. The van der Waals surface area contributed by atoms with Crippen LogP contribution in [0.2, 0.25) is 0 Å². The minimum Gasteiger partial charge on any atom is -0.383 e. The molecule has 5 rings (SSSR count). The number of nitrogen functional groups attached to an aromatic ring is 1. The fourth-order valence-corrected chi connectivity index (χ4v) is 4.94. The summed E-state index contributed by atoms with van der Waals surface area (Å²) in [5, 5.41) is 5.47. The van der Waals surface area contributed by atoms with Crippen molar-refractivity contribution in [3.8, 4) is 21.7 Å². The van der Waals surface area contributed by atoms with Crippen molar-refractivity contribution in [1.82, 2.24) is 24.6 Å². The van der Waals surface area contributed by atoms with E-state index in [0.717, 1.165) is 64.3 Å². The van der Waals surface area contributed by atoms with Crippen molar-refractivity contribution in [2.45, 2.75) is 18.9 Å². The highest BCUT2D eigenvalue weighted by Gasteiger charge is 2.24. The average Bonchev–Trinajstić information content (AvgIpc) is 3.51. The van der Waals surface area contributed by atoms with Gasteiger partial charge in [-0.2, -0.15) is 5.10 Å². The molecule has 0 bridgehead atoms. The Kier molecular flexibility index (Phi) is 5.02. The summed E-state index contributed by atoms with van der Waals surface area (Å²) >= 11 is 1.62. The van der Waals surface area contributed by atoms with Crippen LogP contribution in [0.5, 0.6) is 0 Å². The quantitative estimate of drug-likeness (QED) is 0.481. The third-order valence-electron chi connectivity index (χ3n) is 5.56. The molecule has 1 unspecified atom stereocenters. The van der Waals surface area contributed by atoms with Crippen LogP contribution < -0.4 is 5.73 Å². The summed E-state index contributed by atoms with van der Waals surface area (Å²) in [6.07, 6.45) is 8.35. The molecule has 0 aliphatic carbocycles. The van der Waals surface area contributed by atoms with Gasteiger partial charge >= 0.3 is 0 Å². The zero-order valence-corrected chi connectivity index (χ0v) is 17.3. The Labute approximate surface area is 178 Å². The number of hydrogen-bond donors (Lipinski definition) is 1. The van der Waals surface area contributed by atoms with Crippen molar-refractivity contribution in [1.29, 1.82) is 0 Å². The maximum atomic E-state index is 10.6. The Morgan fingerprint density at radius 3 is 3.00 bits per heavy atom. The number of rotatable bonds is 6. The number of anilines is 1. The smallest absolute Gasteiger partial charge is 0.133 e. The molecule has 1 saturated heterocycles. The molecule has 4 heterocycles. The van der Waals surface area contributed by atoms with Crippen molar-refractivity contribution in [3.05, 3.63) is 48.9 Å². The van der Waals surface area contributed by atoms with E-state index in [1.807, 2.05) is 35.1 Å². The van der Waals surface area contributed by atoms with Gasteiger partial charge in [0.25, 0.3) is 0 Å². The van der Waals surface area contributed by atoms with E-state index in [0.29, 0.717) is 18.3 Å². The number of carbonyl (C=O) groups is 1. The molecule has 3 aromatic heterocycles. The summed E-state index contributed by atoms with van der Waals surface area (Å²) in [5.74, 6) is 0.479. The molecule has 7 nitrogen and oxygen atoms in total. The Hall–Kier alpha value is -3.10. The minimum atomic E-state index is 0.330. The first-order valence-corrected chi connectivity index (χ1v) is 10.8. The number of carbonyl (C=O) groups excluding carboxylic acids is 1. The van der Waals surface area contributed by atoms with Gasteiger partial charge in [0.15, 0.2) is 0 Å². The second-order valence-corrected chi connectivity index (χ2v) is 8.58. The Bertz CT molecular complexity index is 1170. The molecule has 1 aliphatic rings.